The third kappa shape index (κ3) is 4.32. The normalized spacial score (nSPS) is 10.1. The fraction of sp³-hybridized carbons (Fsp3) is 0.333. The van der Waals surface area contributed by atoms with E-state index in [2.05, 4.69) is 5.32 Å². The lowest BCUT2D eigenvalue weighted by Gasteiger charge is -2.08. The van der Waals surface area contributed by atoms with E-state index >= 15 is 0 Å². The highest BCUT2D eigenvalue weighted by atomic mass is 16.6. The van der Waals surface area contributed by atoms with Crippen LogP contribution in [0.2, 0.25) is 0 Å². The Balaban J connectivity index is 2.86. The number of benzene rings is 1. The zero-order chi connectivity index (χ0) is 15.1. The summed E-state index contributed by atoms with van der Waals surface area (Å²) in [5.74, 6) is -1.88. The minimum Gasteiger partial charge on any atom is -0.478 e. The lowest BCUT2D eigenvalue weighted by Crippen LogP contribution is -2.20. The van der Waals surface area contributed by atoms with Crippen LogP contribution in [0.4, 0.5) is 11.4 Å². The van der Waals surface area contributed by atoms with Gasteiger partial charge in [-0.05, 0) is 12.5 Å². The number of non-ortho nitro benzene ring substituents is 1. The number of ether oxygens (including phenoxy) is 1. The van der Waals surface area contributed by atoms with Crippen molar-refractivity contribution in [2.75, 3.05) is 18.5 Å². The highest BCUT2D eigenvalue weighted by molar-refractivity contribution is 6.01. The van der Waals surface area contributed by atoms with Crippen LogP contribution in [0.5, 0.6) is 0 Å². The first-order valence-corrected chi connectivity index (χ1v) is 5.85. The van der Waals surface area contributed by atoms with E-state index in [0.717, 1.165) is 18.6 Å². The molecule has 0 saturated carbocycles. The summed E-state index contributed by atoms with van der Waals surface area (Å²) in [4.78, 5) is 32.4. The van der Waals surface area contributed by atoms with Crippen molar-refractivity contribution in [2.45, 2.75) is 13.3 Å². The van der Waals surface area contributed by atoms with E-state index in [1.54, 1.807) is 0 Å². The molecule has 0 bridgehead atoms. The van der Waals surface area contributed by atoms with Gasteiger partial charge in [-0.3, -0.25) is 14.9 Å². The predicted octanol–water partition coefficient (Wildman–Crippen LogP) is 1.66. The Hall–Kier alpha value is -2.48. The van der Waals surface area contributed by atoms with Crippen LogP contribution in [-0.4, -0.2) is 35.1 Å². The van der Waals surface area contributed by atoms with Crippen LogP contribution in [0.1, 0.15) is 23.7 Å². The Bertz CT molecular complexity index is 529. The summed E-state index contributed by atoms with van der Waals surface area (Å²) in [6, 6.07) is 3.19. The molecule has 0 aromatic heterocycles. The molecule has 0 aliphatic heterocycles. The van der Waals surface area contributed by atoms with Crippen molar-refractivity contribution in [1.29, 1.82) is 0 Å². The number of aromatic carboxylic acids is 1. The van der Waals surface area contributed by atoms with Gasteiger partial charge < -0.3 is 15.2 Å². The number of carboxylic acids is 1. The van der Waals surface area contributed by atoms with Crippen molar-refractivity contribution in [1.82, 2.24) is 0 Å². The number of carbonyl (C=O) groups excluding carboxylic acids is 1. The molecule has 0 spiro atoms. The lowest BCUT2D eigenvalue weighted by atomic mass is 10.1. The number of carboxylic acid groups (broad SMARTS) is 1. The largest absolute Gasteiger partial charge is 0.478 e. The van der Waals surface area contributed by atoms with Crippen molar-refractivity contribution in [3.05, 3.63) is 33.9 Å². The Morgan fingerprint density at radius 2 is 2.15 bits per heavy atom. The Morgan fingerprint density at radius 3 is 2.70 bits per heavy atom. The number of hydrogen-bond donors (Lipinski definition) is 2. The molecular formula is C12H14N2O6. The summed E-state index contributed by atoms with van der Waals surface area (Å²) in [5, 5.41) is 21.9. The van der Waals surface area contributed by atoms with Crippen LogP contribution in [0.3, 0.4) is 0 Å². The average molecular weight is 282 g/mol. The lowest BCUT2D eigenvalue weighted by molar-refractivity contribution is -0.384. The second-order valence-electron chi connectivity index (χ2n) is 3.89. The van der Waals surface area contributed by atoms with Gasteiger partial charge in [-0.15, -0.1) is 0 Å². The zero-order valence-electron chi connectivity index (χ0n) is 10.8. The number of amides is 1. The minimum absolute atomic E-state index is 0.00630. The number of hydrogen-bond acceptors (Lipinski definition) is 5. The van der Waals surface area contributed by atoms with Crippen molar-refractivity contribution < 1.29 is 24.4 Å². The molecule has 108 valence electrons. The SMILES string of the molecule is CCCOCC(=O)Nc1ccc([N+](=O)[O-])cc1C(=O)O. The number of rotatable bonds is 7. The predicted molar refractivity (Wildman–Crippen MR) is 69.8 cm³/mol. The van der Waals surface area contributed by atoms with E-state index < -0.39 is 16.8 Å². The van der Waals surface area contributed by atoms with E-state index in [4.69, 9.17) is 9.84 Å². The Kier molecular flexibility index (Phi) is 5.60. The molecule has 0 aliphatic rings. The molecule has 1 rings (SSSR count). The third-order valence-electron chi connectivity index (χ3n) is 2.30. The molecule has 0 unspecified atom stereocenters. The third-order valence-corrected chi connectivity index (χ3v) is 2.30. The van der Waals surface area contributed by atoms with E-state index in [-0.39, 0.29) is 23.5 Å². The highest BCUT2D eigenvalue weighted by Crippen LogP contribution is 2.22. The molecule has 0 fully saturated rings. The number of anilines is 1. The van der Waals surface area contributed by atoms with Gasteiger partial charge in [0, 0.05) is 18.7 Å². The number of nitrogens with one attached hydrogen (secondary N) is 1. The quantitative estimate of drug-likeness (QED) is 0.446. The molecule has 0 saturated heterocycles. The molecule has 0 aliphatic carbocycles. The second kappa shape index (κ2) is 7.19. The van der Waals surface area contributed by atoms with E-state index in [1.807, 2.05) is 6.92 Å². The van der Waals surface area contributed by atoms with Crippen LogP contribution in [0, 0.1) is 10.1 Å². The van der Waals surface area contributed by atoms with Crippen molar-refractivity contribution >= 4 is 23.3 Å². The standard InChI is InChI=1S/C12H14N2O6/c1-2-5-20-7-11(15)13-10-4-3-8(14(18)19)6-9(10)12(16)17/h3-4,6H,2,5,7H2,1H3,(H,13,15)(H,16,17). The molecule has 1 amide bonds. The highest BCUT2D eigenvalue weighted by Gasteiger charge is 2.17. The van der Waals surface area contributed by atoms with Crippen LogP contribution in [0.15, 0.2) is 18.2 Å². The molecule has 1 aromatic rings. The topological polar surface area (TPSA) is 119 Å². The molecule has 0 heterocycles. The van der Waals surface area contributed by atoms with Crippen molar-refractivity contribution in [3.63, 3.8) is 0 Å². The van der Waals surface area contributed by atoms with Gasteiger partial charge in [0.2, 0.25) is 5.91 Å². The van der Waals surface area contributed by atoms with Crippen molar-refractivity contribution in [2.24, 2.45) is 0 Å². The number of nitrogens with zero attached hydrogens (tertiary/aromatic N) is 1. The molecule has 2 N–H and O–H groups in total. The van der Waals surface area contributed by atoms with Gasteiger partial charge in [0.05, 0.1) is 16.2 Å². The van der Waals surface area contributed by atoms with Crippen molar-refractivity contribution in [3.8, 4) is 0 Å². The maximum Gasteiger partial charge on any atom is 0.338 e. The molecule has 0 radical (unpaired) electrons. The minimum atomic E-state index is -1.36. The average Bonchev–Trinajstić information content (AvgIpc) is 2.38. The van der Waals surface area contributed by atoms with Gasteiger partial charge in [0.1, 0.15) is 6.61 Å². The maximum atomic E-state index is 11.5. The molecular weight excluding hydrogens is 268 g/mol. The fourth-order valence-corrected chi connectivity index (χ4v) is 1.43. The van der Waals surface area contributed by atoms with Gasteiger partial charge in [0.25, 0.3) is 5.69 Å². The molecule has 1 aromatic carbocycles. The Morgan fingerprint density at radius 1 is 1.45 bits per heavy atom. The summed E-state index contributed by atoms with van der Waals surface area (Å²) in [7, 11) is 0. The fourth-order valence-electron chi connectivity index (χ4n) is 1.43. The van der Waals surface area contributed by atoms with Gasteiger partial charge >= 0.3 is 5.97 Å². The summed E-state index contributed by atoms with van der Waals surface area (Å²) in [6.45, 7) is 2.10. The number of carbonyl (C=O) groups is 2. The molecule has 0 atom stereocenters. The number of nitro benzene ring substituents is 1. The Labute approximate surface area is 114 Å². The van der Waals surface area contributed by atoms with E-state index in [0.29, 0.717) is 6.61 Å². The van der Waals surface area contributed by atoms with Crippen LogP contribution >= 0.6 is 0 Å². The van der Waals surface area contributed by atoms with Gasteiger partial charge in [-0.25, -0.2) is 4.79 Å². The van der Waals surface area contributed by atoms with Crippen LogP contribution in [0.25, 0.3) is 0 Å². The number of nitro groups is 1. The first kappa shape index (κ1) is 15.6. The zero-order valence-corrected chi connectivity index (χ0v) is 10.8. The summed E-state index contributed by atoms with van der Waals surface area (Å²) in [5.41, 5.74) is -0.709. The second-order valence-corrected chi connectivity index (χ2v) is 3.89. The summed E-state index contributed by atoms with van der Waals surface area (Å²) < 4.78 is 5.01. The molecule has 20 heavy (non-hydrogen) atoms. The maximum absolute atomic E-state index is 11.5. The molecule has 8 heteroatoms. The monoisotopic (exact) mass is 282 g/mol. The van der Waals surface area contributed by atoms with E-state index in [9.17, 15) is 19.7 Å². The molecule has 8 nitrogen and oxygen atoms in total. The van der Waals surface area contributed by atoms with E-state index in [1.165, 1.54) is 6.07 Å². The summed E-state index contributed by atoms with van der Waals surface area (Å²) in [6.07, 6.45) is 0.755. The smallest absolute Gasteiger partial charge is 0.338 e. The summed E-state index contributed by atoms with van der Waals surface area (Å²) >= 11 is 0. The first-order valence-electron chi connectivity index (χ1n) is 5.85. The van der Waals surface area contributed by atoms with Gasteiger partial charge in [0.15, 0.2) is 0 Å². The van der Waals surface area contributed by atoms with Crippen LogP contribution < -0.4 is 5.32 Å². The van der Waals surface area contributed by atoms with Gasteiger partial charge in [-0.2, -0.15) is 0 Å². The van der Waals surface area contributed by atoms with Gasteiger partial charge in [-0.1, -0.05) is 6.92 Å². The van der Waals surface area contributed by atoms with Crippen LogP contribution in [-0.2, 0) is 9.53 Å². The first-order chi connectivity index (χ1) is 9.45.